The van der Waals surface area contributed by atoms with Crippen molar-refractivity contribution in [2.45, 2.75) is 26.6 Å². The fraction of sp³-hybridized carbons (Fsp3) is 0.571. The van der Waals surface area contributed by atoms with Gasteiger partial charge in [-0.05, 0) is 13.8 Å². The second kappa shape index (κ2) is 3.69. The summed E-state index contributed by atoms with van der Waals surface area (Å²) in [6.07, 6.45) is 2.01. The Morgan fingerprint density at radius 1 is 1.73 bits per heavy atom. The summed E-state index contributed by atoms with van der Waals surface area (Å²) in [4.78, 5) is 4.99. The first kappa shape index (κ1) is 8.49. The van der Waals surface area contributed by atoms with Gasteiger partial charge in [-0.2, -0.15) is 0 Å². The molecule has 0 atom stereocenters. The molecule has 0 fully saturated rings. The molecule has 0 unspecified atom stereocenters. The third-order valence-corrected chi connectivity index (χ3v) is 1.93. The molecule has 0 radical (unpaired) electrons. The van der Waals surface area contributed by atoms with Crippen molar-refractivity contribution in [1.82, 2.24) is 4.98 Å². The highest BCUT2D eigenvalue weighted by Crippen LogP contribution is 2.15. The van der Waals surface area contributed by atoms with Crippen LogP contribution in [-0.4, -0.2) is 11.1 Å². The zero-order chi connectivity index (χ0) is 8.27. The van der Waals surface area contributed by atoms with Crippen LogP contribution in [0.15, 0.2) is 6.20 Å². The Balaban J connectivity index is 2.39. The van der Waals surface area contributed by atoms with Crippen molar-refractivity contribution >= 4 is 16.5 Å². The van der Waals surface area contributed by atoms with Crippen molar-refractivity contribution in [2.75, 3.05) is 5.73 Å². The third kappa shape index (κ3) is 2.86. The van der Waals surface area contributed by atoms with Crippen LogP contribution < -0.4 is 5.73 Å². The highest BCUT2D eigenvalue weighted by molar-refractivity contribution is 7.15. The fourth-order valence-electron chi connectivity index (χ4n) is 0.638. The molecule has 0 aliphatic heterocycles. The molecule has 0 amide bonds. The highest BCUT2D eigenvalue weighted by atomic mass is 32.1. The summed E-state index contributed by atoms with van der Waals surface area (Å²) in [6, 6.07) is 0. The van der Waals surface area contributed by atoms with Gasteiger partial charge in [-0.1, -0.05) is 11.3 Å². The molecule has 0 aromatic carbocycles. The van der Waals surface area contributed by atoms with E-state index in [0.717, 1.165) is 4.88 Å². The standard InChI is InChI=1S/C7H12N2OS/c1-5(2)10-4-6-3-9-7(8)11-6/h3,5H,4H2,1-2H3,(H2,8,9). The summed E-state index contributed by atoms with van der Waals surface area (Å²) < 4.78 is 5.36. The normalized spacial score (nSPS) is 10.8. The lowest BCUT2D eigenvalue weighted by Crippen LogP contribution is -2.00. The monoisotopic (exact) mass is 172 g/mol. The largest absolute Gasteiger partial charge is 0.375 e. The van der Waals surface area contributed by atoms with Gasteiger partial charge in [-0.25, -0.2) is 4.98 Å². The molecule has 0 aliphatic carbocycles. The topological polar surface area (TPSA) is 48.1 Å². The van der Waals surface area contributed by atoms with Gasteiger partial charge in [0.2, 0.25) is 0 Å². The number of hydrogen-bond donors (Lipinski definition) is 1. The average molecular weight is 172 g/mol. The average Bonchev–Trinajstić information content (AvgIpc) is 2.31. The van der Waals surface area contributed by atoms with Crippen molar-refractivity contribution in [3.05, 3.63) is 11.1 Å². The first-order valence-corrected chi connectivity index (χ1v) is 4.32. The lowest BCUT2D eigenvalue weighted by atomic mass is 10.5. The van der Waals surface area contributed by atoms with Crippen LogP contribution in [0.4, 0.5) is 5.13 Å². The van der Waals surface area contributed by atoms with Gasteiger partial charge < -0.3 is 10.5 Å². The van der Waals surface area contributed by atoms with Gasteiger partial charge in [0.25, 0.3) is 0 Å². The summed E-state index contributed by atoms with van der Waals surface area (Å²) in [7, 11) is 0. The van der Waals surface area contributed by atoms with Crippen molar-refractivity contribution in [1.29, 1.82) is 0 Å². The van der Waals surface area contributed by atoms with Gasteiger partial charge in [-0.3, -0.25) is 0 Å². The second-order valence-corrected chi connectivity index (χ2v) is 3.67. The van der Waals surface area contributed by atoms with Crippen LogP contribution in [0.1, 0.15) is 18.7 Å². The minimum absolute atomic E-state index is 0.262. The summed E-state index contributed by atoms with van der Waals surface area (Å²) in [5.74, 6) is 0. The predicted octanol–water partition coefficient (Wildman–Crippen LogP) is 1.65. The van der Waals surface area contributed by atoms with E-state index in [1.807, 2.05) is 13.8 Å². The maximum absolute atomic E-state index is 5.44. The molecular formula is C7H12N2OS. The van der Waals surface area contributed by atoms with E-state index in [1.54, 1.807) is 6.20 Å². The Labute approximate surface area is 70.2 Å². The summed E-state index contributed by atoms with van der Waals surface area (Å²) in [6.45, 7) is 4.63. The van der Waals surface area contributed by atoms with Crippen LogP contribution in [0.2, 0.25) is 0 Å². The van der Waals surface area contributed by atoms with Crippen LogP contribution in [0, 0.1) is 0 Å². The van der Waals surface area contributed by atoms with E-state index in [4.69, 9.17) is 10.5 Å². The van der Waals surface area contributed by atoms with Gasteiger partial charge in [-0.15, -0.1) is 0 Å². The van der Waals surface area contributed by atoms with Gasteiger partial charge >= 0.3 is 0 Å². The van der Waals surface area contributed by atoms with Crippen LogP contribution in [0.25, 0.3) is 0 Å². The highest BCUT2D eigenvalue weighted by Gasteiger charge is 1.99. The number of nitrogen functional groups attached to an aromatic ring is 1. The van der Waals surface area contributed by atoms with Crippen LogP contribution in [-0.2, 0) is 11.3 Å². The van der Waals surface area contributed by atoms with E-state index < -0.39 is 0 Å². The van der Waals surface area contributed by atoms with Gasteiger partial charge in [0, 0.05) is 6.20 Å². The lowest BCUT2D eigenvalue weighted by Gasteiger charge is -2.03. The second-order valence-electron chi connectivity index (χ2n) is 2.52. The number of nitrogens with two attached hydrogens (primary N) is 1. The van der Waals surface area contributed by atoms with Crippen LogP contribution >= 0.6 is 11.3 Å². The molecule has 0 saturated carbocycles. The molecule has 2 N–H and O–H groups in total. The van der Waals surface area contributed by atoms with Gasteiger partial charge in [0.05, 0.1) is 17.6 Å². The van der Waals surface area contributed by atoms with E-state index >= 15 is 0 Å². The Morgan fingerprint density at radius 3 is 2.91 bits per heavy atom. The summed E-state index contributed by atoms with van der Waals surface area (Å²) in [5.41, 5.74) is 5.44. The number of aromatic nitrogens is 1. The van der Waals surface area contributed by atoms with Crippen LogP contribution in [0.3, 0.4) is 0 Å². The molecule has 0 spiro atoms. The van der Waals surface area contributed by atoms with Gasteiger partial charge in [0.15, 0.2) is 5.13 Å². The molecule has 1 aromatic rings. The van der Waals surface area contributed by atoms with E-state index in [9.17, 15) is 0 Å². The maximum Gasteiger partial charge on any atom is 0.180 e. The first-order valence-electron chi connectivity index (χ1n) is 3.50. The molecular weight excluding hydrogens is 160 g/mol. The third-order valence-electron chi connectivity index (χ3n) is 1.13. The predicted molar refractivity (Wildman–Crippen MR) is 46.5 cm³/mol. The molecule has 0 saturated heterocycles. The van der Waals surface area contributed by atoms with Crippen molar-refractivity contribution in [2.24, 2.45) is 0 Å². The molecule has 4 heteroatoms. The quantitative estimate of drug-likeness (QED) is 0.754. The minimum atomic E-state index is 0.262. The van der Waals surface area contributed by atoms with Crippen molar-refractivity contribution < 1.29 is 4.74 Å². The number of hydrogen-bond acceptors (Lipinski definition) is 4. The SMILES string of the molecule is CC(C)OCc1cnc(N)s1. The lowest BCUT2D eigenvalue weighted by molar-refractivity contribution is 0.0673. The number of ether oxygens (including phenoxy) is 1. The van der Waals surface area contributed by atoms with Gasteiger partial charge in [0.1, 0.15) is 0 Å². The molecule has 1 rings (SSSR count). The summed E-state index contributed by atoms with van der Waals surface area (Å²) >= 11 is 1.47. The zero-order valence-corrected chi connectivity index (χ0v) is 7.52. The number of anilines is 1. The number of thiazole rings is 1. The Morgan fingerprint density at radius 2 is 2.45 bits per heavy atom. The van der Waals surface area contributed by atoms with E-state index in [-0.39, 0.29) is 6.10 Å². The molecule has 11 heavy (non-hydrogen) atoms. The molecule has 3 nitrogen and oxygen atoms in total. The van der Waals surface area contributed by atoms with Crippen molar-refractivity contribution in [3.63, 3.8) is 0 Å². The van der Waals surface area contributed by atoms with E-state index in [2.05, 4.69) is 4.98 Å². The Hall–Kier alpha value is -0.610. The van der Waals surface area contributed by atoms with Crippen LogP contribution in [0.5, 0.6) is 0 Å². The molecule has 62 valence electrons. The number of rotatable bonds is 3. The maximum atomic E-state index is 5.44. The fourth-order valence-corrected chi connectivity index (χ4v) is 1.24. The Kier molecular flexibility index (Phi) is 2.84. The van der Waals surface area contributed by atoms with E-state index in [0.29, 0.717) is 11.7 Å². The molecule has 1 heterocycles. The van der Waals surface area contributed by atoms with E-state index in [1.165, 1.54) is 11.3 Å². The summed E-state index contributed by atoms with van der Waals surface area (Å²) in [5, 5.41) is 0.604. The molecule has 1 aromatic heterocycles. The first-order chi connectivity index (χ1) is 5.18. The zero-order valence-electron chi connectivity index (χ0n) is 6.70. The minimum Gasteiger partial charge on any atom is -0.375 e. The molecule has 0 bridgehead atoms. The number of nitrogens with zero attached hydrogens (tertiary/aromatic N) is 1. The molecule has 0 aliphatic rings. The van der Waals surface area contributed by atoms with Crippen molar-refractivity contribution in [3.8, 4) is 0 Å². The Bertz CT molecular complexity index is 222. The smallest absolute Gasteiger partial charge is 0.180 e.